The van der Waals surface area contributed by atoms with Gasteiger partial charge in [-0.2, -0.15) is 0 Å². The fourth-order valence-electron chi connectivity index (χ4n) is 0.998. The van der Waals surface area contributed by atoms with E-state index in [1.807, 2.05) is 18.2 Å². The predicted molar refractivity (Wildman–Crippen MR) is 60.5 cm³/mol. The first-order chi connectivity index (χ1) is 6.02. The van der Waals surface area contributed by atoms with Crippen LogP contribution in [0.4, 0.5) is 0 Å². The molecule has 2 nitrogen and oxygen atoms in total. The predicted octanol–water partition coefficient (Wildman–Crippen LogP) is 2.59. The van der Waals surface area contributed by atoms with Gasteiger partial charge < -0.3 is 10.8 Å². The zero-order valence-electron chi connectivity index (χ0n) is 7.17. The largest absolute Gasteiger partial charge is 0.391 e. The van der Waals surface area contributed by atoms with E-state index in [9.17, 15) is 5.11 Å². The summed E-state index contributed by atoms with van der Waals surface area (Å²) in [5.41, 5.74) is 6.69. The second-order valence-electron chi connectivity index (χ2n) is 2.94. The molecule has 0 radical (unpaired) electrons. The Kier molecular flexibility index (Phi) is 3.91. The van der Waals surface area contributed by atoms with Crippen molar-refractivity contribution in [2.45, 2.75) is 19.1 Å². The Hall–Kier alpha value is 0.1000. The van der Waals surface area contributed by atoms with Crippen LogP contribution in [0.3, 0.4) is 0 Å². The molecule has 0 aliphatic carbocycles. The van der Waals surface area contributed by atoms with E-state index in [0.717, 1.165) is 14.5 Å². The Labute approximate surface area is 94.4 Å². The van der Waals surface area contributed by atoms with Crippen molar-refractivity contribution in [1.82, 2.24) is 0 Å². The molecule has 0 aromatic heterocycles. The number of aliphatic hydroxyl groups excluding tert-OH is 1. The van der Waals surface area contributed by atoms with Crippen LogP contribution in [0.2, 0.25) is 0 Å². The van der Waals surface area contributed by atoms with Crippen molar-refractivity contribution in [3.8, 4) is 0 Å². The van der Waals surface area contributed by atoms with E-state index in [0.29, 0.717) is 0 Å². The minimum atomic E-state index is -0.534. The molecule has 3 N–H and O–H groups in total. The third-order valence-corrected chi connectivity index (χ3v) is 3.73. The third-order valence-electron chi connectivity index (χ3n) is 1.85. The first-order valence-electron chi connectivity index (χ1n) is 3.91. The van der Waals surface area contributed by atoms with E-state index in [4.69, 9.17) is 5.73 Å². The van der Waals surface area contributed by atoms with Crippen LogP contribution in [0.5, 0.6) is 0 Å². The maximum absolute atomic E-state index is 9.28. The molecule has 1 rings (SSSR count). The molecule has 1 aromatic rings. The number of benzene rings is 1. The highest BCUT2D eigenvalue weighted by molar-refractivity contribution is 9.13. The van der Waals surface area contributed by atoms with Gasteiger partial charge in [0.05, 0.1) is 12.1 Å². The molecule has 0 amide bonds. The summed E-state index contributed by atoms with van der Waals surface area (Å²) in [5.74, 6) is 0. The fourth-order valence-corrected chi connectivity index (χ4v) is 1.64. The Morgan fingerprint density at radius 3 is 2.38 bits per heavy atom. The first-order valence-corrected chi connectivity index (χ1v) is 5.49. The Balaban J connectivity index is 2.97. The minimum absolute atomic E-state index is 0.329. The zero-order chi connectivity index (χ0) is 10.0. The van der Waals surface area contributed by atoms with Gasteiger partial charge in [0.25, 0.3) is 0 Å². The Morgan fingerprint density at radius 1 is 1.31 bits per heavy atom. The molecular weight excluding hydrogens is 298 g/mol. The van der Waals surface area contributed by atoms with Gasteiger partial charge in [0, 0.05) is 8.95 Å². The van der Waals surface area contributed by atoms with E-state index in [2.05, 4.69) is 31.9 Å². The summed E-state index contributed by atoms with van der Waals surface area (Å²) in [6, 6.07) is 5.37. The van der Waals surface area contributed by atoms with Gasteiger partial charge in [-0.3, -0.25) is 0 Å². The molecule has 13 heavy (non-hydrogen) atoms. The van der Waals surface area contributed by atoms with Gasteiger partial charge in [-0.05, 0) is 56.5 Å². The van der Waals surface area contributed by atoms with Crippen molar-refractivity contribution in [1.29, 1.82) is 0 Å². The van der Waals surface area contributed by atoms with E-state index in [1.54, 1.807) is 6.92 Å². The number of nitrogens with two attached hydrogens (primary N) is 1. The normalized spacial score (nSPS) is 15.5. The first kappa shape index (κ1) is 11.2. The van der Waals surface area contributed by atoms with Crippen LogP contribution in [-0.4, -0.2) is 11.2 Å². The Bertz CT molecular complexity index is 302. The average molecular weight is 309 g/mol. The lowest BCUT2D eigenvalue weighted by atomic mass is 10.0. The van der Waals surface area contributed by atoms with Crippen molar-refractivity contribution in [3.05, 3.63) is 32.7 Å². The van der Waals surface area contributed by atoms with Gasteiger partial charge in [-0.1, -0.05) is 6.07 Å². The molecule has 1 aromatic carbocycles. The van der Waals surface area contributed by atoms with Gasteiger partial charge in [-0.25, -0.2) is 0 Å². The molecule has 0 unspecified atom stereocenters. The summed E-state index contributed by atoms with van der Waals surface area (Å²) in [6.07, 6.45) is -0.534. The van der Waals surface area contributed by atoms with E-state index >= 15 is 0 Å². The van der Waals surface area contributed by atoms with Crippen LogP contribution < -0.4 is 5.73 Å². The molecule has 0 saturated carbocycles. The van der Waals surface area contributed by atoms with Crippen LogP contribution in [-0.2, 0) is 0 Å². The number of halogens is 2. The molecule has 2 atom stereocenters. The molecule has 0 bridgehead atoms. The summed E-state index contributed by atoms with van der Waals surface area (Å²) in [7, 11) is 0. The number of aliphatic hydroxyl groups is 1. The molecule has 0 aliphatic rings. The molecule has 0 fully saturated rings. The standard InChI is InChI=1S/C9H11Br2NO/c1-5(13)9(12)6-2-3-7(10)8(11)4-6/h2-5,9,13H,12H2,1H3/t5-,9-/m0/s1. The van der Waals surface area contributed by atoms with Gasteiger partial charge in [-0.15, -0.1) is 0 Å². The topological polar surface area (TPSA) is 46.2 Å². The summed E-state index contributed by atoms with van der Waals surface area (Å²) in [5, 5.41) is 9.28. The van der Waals surface area contributed by atoms with Gasteiger partial charge in [0.15, 0.2) is 0 Å². The van der Waals surface area contributed by atoms with Crippen LogP contribution >= 0.6 is 31.9 Å². The van der Waals surface area contributed by atoms with Crippen molar-refractivity contribution in [2.24, 2.45) is 5.73 Å². The van der Waals surface area contributed by atoms with Gasteiger partial charge in [0.1, 0.15) is 0 Å². The van der Waals surface area contributed by atoms with Gasteiger partial charge in [0.2, 0.25) is 0 Å². The van der Waals surface area contributed by atoms with Crippen LogP contribution in [0.25, 0.3) is 0 Å². The van der Waals surface area contributed by atoms with Crippen LogP contribution in [0, 0.1) is 0 Å². The van der Waals surface area contributed by atoms with E-state index in [-0.39, 0.29) is 6.04 Å². The average Bonchev–Trinajstić information content (AvgIpc) is 2.08. The monoisotopic (exact) mass is 307 g/mol. The summed E-state index contributed by atoms with van der Waals surface area (Å²) < 4.78 is 1.93. The Morgan fingerprint density at radius 2 is 1.92 bits per heavy atom. The second kappa shape index (κ2) is 4.55. The molecular formula is C9H11Br2NO. The molecule has 0 spiro atoms. The molecule has 4 heteroatoms. The van der Waals surface area contributed by atoms with Crippen LogP contribution in [0.1, 0.15) is 18.5 Å². The highest BCUT2D eigenvalue weighted by Crippen LogP contribution is 2.26. The van der Waals surface area contributed by atoms with Crippen molar-refractivity contribution < 1.29 is 5.11 Å². The maximum atomic E-state index is 9.28. The van der Waals surface area contributed by atoms with Crippen molar-refractivity contribution in [3.63, 3.8) is 0 Å². The summed E-state index contributed by atoms with van der Waals surface area (Å²) in [4.78, 5) is 0. The lowest BCUT2D eigenvalue weighted by Crippen LogP contribution is -2.23. The SMILES string of the molecule is C[C@H](O)[C@H](N)c1ccc(Br)c(Br)c1. The minimum Gasteiger partial charge on any atom is -0.391 e. The number of rotatable bonds is 2. The second-order valence-corrected chi connectivity index (χ2v) is 4.65. The van der Waals surface area contributed by atoms with Crippen molar-refractivity contribution >= 4 is 31.9 Å². The maximum Gasteiger partial charge on any atom is 0.0704 e. The number of hydrogen-bond acceptors (Lipinski definition) is 2. The fraction of sp³-hybridized carbons (Fsp3) is 0.333. The lowest BCUT2D eigenvalue weighted by molar-refractivity contribution is 0.164. The number of hydrogen-bond donors (Lipinski definition) is 2. The highest BCUT2D eigenvalue weighted by atomic mass is 79.9. The summed E-state index contributed by atoms with van der Waals surface area (Å²) >= 11 is 6.74. The van der Waals surface area contributed by atoms with E-state index in [1.165, 1.54) is 0 Å². The molecule has 72 valence electrons. The molecule has 0 aliphatic heterocycles. The third kappa shape index (κ3) is 2.77. The quantitative estimate of drug-likeness (QED) is 0.882. The van der Waals surface area contributed by atoms with Gasteiger partial charge >= 0.3 is 0 Å². The summed E-state index contributed by atoms with van der Waals surface area (Å²) in [6.45, 7) is 1.68. The zero-order valence-corrected chi connectivity index (χ0v) is 10.3. The lowest BCUT2D eigenvalue weighted by Gasteiger charge is -2.15. The van der Waals surface area contributed by atoms with E-state index < -0.39 is 6.10 Å². The smallest absolute Gasteiger partial charge is 0.0704 e. The molecule has 0 heterocycles. The molecule has 0 saturated heterocycles. The van der Waals surface area contributed by atoms with Crippen molar-refractivity contribution in [2.75, 3.05) is 0 Å². The highest BCUT2D eigenvalue weighted by Gasteiger charge is 2.12. The van der Waals surface area contributed by atoms with Crippen LogP contribution in [0.15, 0.2) is 27.1 Å².